The van der Waals surface area contributed by atoms with Crippen LogP contribution in [0.2, 0.25) is 0 Å². The number of benzene rings is 2. The quantitative estimate of drug-likeness (QED) is 0.675. The van der Waals surface area contributed by atoms with Crippen molar-refractivity contribution < 1.29 is 13.5 Å². The number of nitrogens with zero attached hydrogens (tertiary/aromatic N) is 2. The summed E-state index contributed by atoms with van der Waals surface area (Å²) < 4.78 is 38.9. The zero-order chi connectivity index (χ0) is 17.2. The van der Waals surface area contributed by atoms with Crippen molar-refractivity contribution in [1.29, 1.82) is 0 Å². The fourth-order valence-corrected chi connectivity index (χ4v) is 4.71. The lowest BCUT2D eigenvalue weighted by atomic mass is 10.2. The number of para-hydroxylation sites is 3. The number of anilines is 3. The van der Waals surface area contributed by atoms with E-state index in [9.17, 15) is 13.5 Å². The summed E-state index contributed by atoms with van der Waals surface area (Å²) in [7, 11) is -1.46. The van der Waals surface area contributed by atoms with Crippen LogP contribution < -0.4 is 13.9 Å². The highest BCUT2D eigenvalue weighted by molar-refractivity contribution is 8.27. The van der Waals surface area contributed by atoms with Gasteiger partial charge in [0, 0.05) is 6.54 Å². The highest BCUT2D eigenvalue weighted by Crippen LogP contribution is 2.64. The Morgan fingerprint density at radius 2 is 1.58 bits per heavy atom. The van der Waals surface area contributed by atoms with Crippen molar-refractivity contribution in [3.05, 3.63) is 54.3 Å². The average molecular weight is 351 g/mol. The minimum Gasteiger partial charge on any atom is -0.320 e. The molecule has 24 heavy (non-hydrogen) atoms. The molecule has 2 aromatic rings. The zero-order valence-corrected chi connectivity index (χ0v) is 14.3. The van der Waals surface area contributed by atoms with Gasteiger partial charge >= 0.3 is 0 Å². The van der Waals surface area contributed by atoms with Crippen LogP contribution in [0, 0.1) is 5.82 Å². The molecule has 5 nitrogen and oxygen atoms in total. The van der Waals surface area contributed by atoms with E-state index >= 15 is 0 Å². The largest absolute Gasteiger partial charge is 0.320 e. The molecule has 0 bridgehead atoms. The second kappa shape index (κ2) is 6.98. The molecule has 0 unspecified atom stereocenters. The molecule has 1 heterocycles. The topological polar surface area (TPSA) is 59.0 Å². The highest BCUT2D eigenvalue weighted by atomic mass is 32.3. The van der Waals surface area contributed by atoms with Crippen LogP contribution in [-0.4, -0.2) is 29.2 Å². The second-order valence-corrected chi connectivity index (χ2v) is 7.42. The molecule has 0 aromatic heterocycles. The Bertz CT molecular complexity index is 714. The van der Waals surface area contributed by atoms with Crippen LogP contribution in [0.25, 0.3) is 0 Å². The molecule has 7 heteroatoms. The molecular formula is C17H22FN3O2S. The number of rotatable bonds is 6. The van der Waals surface area contributed by atoms with Crippen molar-refractivity contribution in [3.8, 4) is 0 Å². The molecule has 0 spiro atoms. The maximum Gasteiger partial charge on any atom is 0.148 e. The Labute approximate surface area is 143 Å². The Morgan fingerprint density at radius 3 is 2.25 bits per heavy atom. The molecule has 1 aliphatic rings. The Morgan fingerprint density at radius 1 is 0.958 bits per heavy atom. The lowest BCUT2D eigenvalue weighted by molar-refractivity contribution is 0.482. The third-order valence-electron chi connectivity index (χ3n) is 4.02. The molecular weight excluding hydrogens is 329 g/mol. The van der Waals surface area contributed by atoms with Gasteiger partial charge in [-0.15, -0.1) is 0 Å². The van der Waals surface area contributed by atoms with Gasteiger partial charge in [0.25, 0.3) is 0 Å². The smallest absolute Gasteiger partial charge is 0.148 e. The van der Waals surface area contributed by atoms with Crippen LogP contribution in [0.4, 0.5) is 21.5 Å². The molecule has 3 rings (SSSR count). The monoisotopic (exact) mass is 351 g/mol. The number of hydrogen-bond donors (Lipinski definition) is 3. The molecule has 0 atom stereocenters. The molecule has 0 fully saturated rings. The number of unbranched alkanes of at least 4 members (excludes halogenated alkanes) is 1. The van der Waals surface area contributed by atoms with Crippen molar-refractivity contribution in [2.75, 3.05) is 28.7 Å². The van der Waals surface area contributed by atoms with Gasteiger partial charge in [0.1, 0.15) is 11.5 Å². The average Bonchev–Trinajstić information content (AvgIpc) is 2.79. The molecule has 0 saturated carbocycles. The van der Waals surface area contributed by atoms with E-state index in [1.807, 2.05) is 25.2 Å². The summed E-state index contributed by atoms with van der Waals surface area (Å²) in [5.41, 5.74) is 1.49. The molecule has 2 aromatic carbocycles. The minimum absolute atomic E-state index is 0.169. The lowest BCUT2D eigenvalue weighted by Gasteiger charge is -2.43. The van der Waals surface area contributed by atoms with Crippen molar-refractivity contribution in [3.63, 3.8) is 0 Å². The van der Waals surface area contributed by atoms with Gasteiger partial charge in [-0.25, -0.2) is 8.70 Å². The standard InChI is InChI=1S/C17H22FN3O2S/c1-19-12-6-7-13-20-16-10-4-5-11-17(16)21(24(20,22)23)15-9-3-2-8-14(15)18/h2-5,8-11,19,22-23H,6-7,12-13H2,1H3. The van der Waals surface area contributed by atoms with Crippen molar-refractivity contribution in [2.45, 2.75) is 12.8 Å². The van der Waals surface area contributed by atoms with Gasteiger partial charge in [0.2, 0.25) is 0 Å². The molecule has 0 radical (unpaired) electrons. The van der Waals surface area contributed by atoms with E-state index in [0.717, 1.165) is 19.4 Å². The van der Waals surface area contributed by atoms with E-state index < -0.39 is 16.8 Å². The Kier molecular flexibility index (Phi) is 4.96. The van der Waals surface area contributed by atoms with Crippen molar-refractivity contribution >= 4 is 28.0 Å². The molecule has 0 amide bonds. The van der Waals surface area contributed by atoms with Gasteiger partial charge in [-0.05, 0) is 61.7 Å². The summed E-state index contributed by atoms with van der Waals surface area (Å²) in [5.74, 6) is -0.482. The van der Waals surface area contributed by atoms with Crippen LogP contribution in [0.5, 0.6) is 0 Å². The van der Waals surface area contributed by atoms with Gasteiger partial charge in [0.05, 0.1) is 11.4 Å². The van der Waals surface area contributed by atoms with E-state index in [1.54, 1.807) is 28.6 Å². The van der Waals surface area contributed by atoms with E-state index in [-0.39, 0.29) is 5.69 Å². The fraction of sp³-hybridized carbons (Fsp3) is 0.294. The van der Waals surface area contributed by atoms with Gasteiger partial charge < -0.3 is 5.32 Å². The van der Waals surface area contributed by atoms with Crippen LogP contribution in [-0.2, 0) is 0 Å². The summed E-state index contributed by atoms with van der Waals surface area (Å²) in [6.07, 6.45) is 1.72. The minimum atomic E-state index is -3.34. The number of nitrogens with one attached hydrogen (secondary N) is 1. The molecule has 130 valence electrons. The zero-order valence-electron chi connectivity index (χ0n) is 13.5. The summed E-state index contributed by atoms with van der Waals surface area (Å²) in [6, 6.07) is 13.4. The van der Waals surface area contributed by atoms with Crippen LogP contribution >= 0.6 is 11.0 Å². The predicted octanol–water partition coefficient (Wildman–Crippen LogP) is 4.36. The first-order valence-corrected chi connectivity index (χ1v) is 9.38. The first kappa shape index (κ1) is 17.0. The van der Waals surface area contributed by atoms with Gasteiger partial charge in [-0.1, -0.05) is 24.3 Å². The summed E-state index contributed by atoms with van der Waals surface area (Å²) >= 11 is 0. The Hall–Kier alpha value is -1.80. The van der Waals surface area contributed by atoms with E-state index in [1.165, 1.54) is 10.4 Å². The summed E-state index contributed by atoms with van der Waals surface area (Å²) in [6.45, 7) is 1.36. The summed E-state index contributed by atoms with van der Waals surface area (Å²) in [4.78, 5) is 0. The molecule has 1 aliphatic heterocycles. The summed E-state index contributed by atoms with van der Waals surface area (Å²) in [5, 5.41) is 3.08. The van der Waals surface area contributed by atoms with Gasteiger partial charge in [0.15, 0.2) is 0 Å². The van der Waals surface area contributed by atoms with Gasteiger partial charge in [-0.3, -0.25) is 13.4 Å². The molecule has 0 saturated heterocycles. The van der Waals surface area contributed by atoms with Gasteiger partial charge in [-0.2, -0.15) is 0 Å². The second-order valence-electron chi connectivity index (χ2n) is 5.64. The van der Waals surface area contributed by atoms with Crippen LogP contribution in [0.1, 0.15) is 12.8 Å². The molecule has 0 aliphatic carbocycles. The first-order chi connectivity index (χ1) is 11.6. The first-order valence-electron chi connectivity index (χ1n) is 7.91. The third kappa shape index (κ3) is 2.95. The van der Waals surface area contributed by atoms with Crippen LogP contribution in [0.15, 0.2) is 48.5 Å². The number of halogens is 1. The maximum atomic E-state index is 14.3. The highest BCUT2D eigenvalue weighted by Gasteiger charge is 2.42. The number of hydrogen-bond acceptors (Lipinski definition) is 5. The normalized spacial score (nSPS) is 17.0. The third-order valence-corrected chi connectivity index (χ3v) is 5.87. The maximum absolute atomic E-state index is 14.3. The van der Waals surface area contributed by atoms with E-state index in [2.05, 4.69) is 5.32 Å². The lowest BCUT2D eigenvalue weighted by Crippen LogP contribution is -2.32. The van der Waals surface area contributed by atoms with Crippen LogP contribution in [0.3, 0.4) is 0 Å². The Balaban J connectivity index is 1.97. The van der Waals surface area contributed by atoms with E-state index in [0.29, 0.717) is 17.9 Å². The predicted molar refractivity (Wildman–Crippen MR) is 98.3 cm³/mol. The van der Waals surface area contributed by atoms with Crippen molar-refractivity contribution in [2.24, 2.45) is 0 Å². The van der Waals surface area contributed by atoms with Crippen molar-refractivity contribution in [1.82, 2.24) is 5.32 Å². The fourth-order valence-electron chi connectivity index (χ4n) is 2.89. The SMILES string of the molecule is CNCCCCN1c2ccccc2N(c2ccccc2F)S1(O)O. The molecule has 3 N–H and O–H groups in total. The number of fused-ring (bicyclic) bond motifs is 1. The van der Waals surface area contributed by atoms with E-state index in [4.69, 9.17) is 0 Å².